The predicted octanol–water partition coefficient (Wildman–Crippen LogP) is 3.21. The van der Waals surface area contributed by atoms with Gasteiger partial charge < -0.3 is 19.1 Å². The second-order valence-electron chi connectivity index (χ2n) is 7.15. The van der Waals surface area contributed by atoms with Crippen LogP contribution in [0.5, 0.6) is 0 Å². The Kier molecular flexibility index (Phi) is 10.8. The van der Waals surface area contributed by atoms with Gasteiger partial charge >= 0.3 is 0 Å². The summed E-state index contributed by atoms with van der Waals surface area (Å²) in [7, 11) is 3.60. The van der Waals surface area contributed by atoms with Crippen molar-refractivity contribution in [3.63, 3.8) is 0 Å². The zero-order valence-corrected chi connectivity index (χ0v) is 17.7. The van der Waals surface area contributed by atoms with Crippen LogP contribution in [0.1, 0.15) is 58.6 Å². The summed E-state index contributed by atoms with van der Waals surface area (Å²) in [5.41, 5.74) is 1.06. The number of rotatable bonds is 13. The van der Waals surface area contributed by atoms with Crippen LogP contribution in [-0.4, -0.2) is 59.0 Å². The highest BCUT2D eigenvalue weighted by Crippen LogP contribution is 2.12. The third-order valence-electron chi connectivity index (χ3n) is 5.07. The molecule has 1 heterocycles. The van der Waals surface area contributed by atoms with Crippen molar-refractivity contribution in [3.8, 4) is 0 Å². The minimum absolute atomic E-state index is 0.0302. The van der Waals surface area contributed by atoms with Gasteiger partial charge in [-0.25, -0.2) is 0 Å². The molecule has 0 spiro atoms. The van der Waals surface area contributed by atoms with Crippen LogP contribution in [-0.2, 0) is 27.9 Å². The molecular weight excluding hydrogens is 342 g/mol. The molecule has 0 fully saturated rings. The van der Waals surface area contributed by atoms with E-state index < -0.39 is 0 Å². The molecule has 2 amide bonds. The summed E-state index contributed by atoms with van der Waals surface area (Å²) >= 11 is 0. The number of aryl methyl sites for hydroxylation is 1. The van der Waals surface area contributed by atoms with Gasteiger partial charge in [-0.3, -0.25) is 9.59 Å². The Hall–Kier alpha value is -1.82. The van der Waals surface area contributed by atoms with Gasteiger partial charge in [-0.05, 0) is 31.9 Å². The maximum absolute atomic E-state index is 13.0. The fraction of sp³-hybridized carbons (Fsp3) is 0.714. The van der Waals surface area contributed by atoms with E-state index in [-0.39, 0.29) is 24.4 Å². The maximum Gasteiger partial charge on any atom is 0.242 e. The van der Waals surface area contributed by atoms with Gasteiger partial charge in [0.2, 0.25) is 11.8 Å². The van der Waals surface area contributed by atoms with Crippen LogP contribution in [0.4, 0.5) is 0 Å². The van der Waals surface area contributed by atoms with Gasteiger partial charge in [0, 0.05) is 45.1 Å². The molecule has 0 aliphatic heterocycles. The van der Waals surface area contributed by atoms with Crippen LogP contribution in [0.3, 0.4) is 0 Å². The van der Waals surface area contributed by atoms with Crippen molar-refractivity contribution in [2.24, 2.45) is 7.05 Å². The molecule has 0 saturated carbocycles. The van der Waals surface area contributed by atoms with Crippen LogP contribution in [0, 0.1) is 0 Å². The van der Waals surface area contributed by atoms with E-state index in [2.05, 4.69) is 6.92 Å². The Morgan fingerprint density at radius 2 is 1.96 bits per heavy atom. The first-order chi connectivity index (χ1) is 12.9. The number of hydrogen-bond acceptors (Lipinski definition) is 3. The van der Waals surface area contributed by atoms with Gasteiger partial charge in [0.1, 0.15) is 6.54 Å². The highest BCUT2D eigenvalue weighted by molar-refractivity contribution is 5.85. The number of aromatic nitrogens is 1. The minimum atomic E-state index is -0.0302. The van der Waals surface area contributed by atoms with Crippen LogP contribution < -0.4 is 0 Å². The van der Waals surface area contributed by atoms with Crippen molar-refractivity contribution in [3.05, 3.63) is 24.0 Å². The van der Waals surface area contributed by atoms with Gasteiger partial charge in [0.05, 0.1) is 13.2 Å². The Labute approximate surface area is 164 Å². The Morgan fingerprint density at radius 3 is 2.52 bits per heavy atom. The molecule has 0 aromatic carbocycles. The molecule has 0 saturated heterocycles. The topological polar surface area (TPSA) is 54.8 Å². The minimum Gasteiger partial charge on any atom is -0.383 e. The highest BCUT2D eigenvalue weighted by Gasteiger charge is 2.24. The number of unbranched alkanes of at least 4 members (excludes halogenated alkanes) is 2. The zero-order chi connectivity index (χ0) is 20.2. The number of carbonyl (C=O) groups is 2. The van der Waals surface area contributed by atoms with Gasteiger partial charge in [-0.1, -0.05) is 26.7 Å². The molecule has 154 valence electrons. The zero-order valence-electron chi connectivity index (χ0n) is 17.7. The van der Waals surface area contributed by atoms with Crippen molar-refractivity contribution in [1.82, 2.24) is 14.4 Å². The fourth-order valence-corrected chi connectivity index (χ4v) is 2.98. The number of carbonyl (C=O) groups excluding carboxylic acids is 2. The lowest BCUT2D eigenvalue weighted by Crippen LogP contribution is -2.47. The quantitative estimate of drug-likeness (QED) is 0.495. The molecular formula is C21H37N3O3. The van der Waals surface area contributed by atoms with E-state index in [4.69, 9.17) is 4.74 Å². The number of amides is 2. The van der Waals surface area contributed by atoms with Crippen LogP contribution >= 0.6 is 0 Å². The third-order valence-corrected chi connectivity index (χ3v) is 5.07. The Bertz CT molecular complexity index is 571. The van der Waals surface area contributed by atoms with Crippen molar-refractivity contribution >= 4 is 11.8 Å². The average molecular weight is 380 g/mol. The summed E-state index contributed by atoms with van der Waals surface area (Å²) < 4.78 is 7.19. The Balaban J connectivity index is 2.82. The first-order valence-corrected chi connectivity index (χ1v) is 10.1. The van der Waals surface area contributed by atoms with E-state index in [1.807, 2.05) is 43.8 Å². The molecule has 0 unspecified atom stereocenters. The monoisotopic (exact) mass is 379 g/mol. The van der Waals surface area contributed by atoms with Gasteiger partial charge in [-0.15, -0.1) is 0 Å². The van der Waals surface area contributed by atoms with E-state index in [1.165, 1.54) is 0 Å². The molecule has 0 aliphatic carbocycles. The highest BCUT2D eigenvalue weighted by atomic mass is 16.5. The summed E-state index contributed by atoms with van der Waals surface area (Å²) in [6.45, 7) is 7.83. The largest absolute Gasteiger partial charge is 0.383 e. The van der Waals surface area contributed by atoms with Crippen LogP contribution in [0.25, 0.3) is 0 Å². The van der Waals surface area contributed by atoms with Gasteiger partial charge in [0.25, 0.3) is 0 Å². The normalized spacial score (nSPS) is 12.0. The second-order valence-corrected chi connectivity index (χ2v) is 7.15. The molecule has 27 heavy (non-hydrogen) atoms. The molecule has 1 aromatic rings. The van der Waals surface area contributed by atoms with E-state index >= 15 is 0 Å². The number of hydrogen-bond donors (Lipinski definition) is 0. The summed E-state index contributed by atoms with van der Waals surface area (Å²) in [5, 5.41) is 0. The first-order valence-electron chi connectivity index (χ1n) is 10.1. The molecule has 0 aliphatic rings. The average Bonchev–Trinajstić information content (AvgIpc) is 3.06. The molecule has 1 atom stereocenters. The molecule has 6 nitrogen and oxygen atoms in total. The van der Waals surface area contributed by atoms with Crippen LogP contribution in [0.15, 0.2) is 18.3 Å². The van der Waals surface area contributed by atoms with Crippen molar-refractivity contribution in [2.75, 3.05) is 26.8 Å². The molecule has 0 bridgehead atoms. The maximum atomic E-state index is 13.0. The summed E-state index contributed by atoms with van der Waals surface area (Å²) in [6, 6.07) is 4.04. The number of nitrogens with zero attached hydrogens (tertiary/aromatic N) is 3. The summed E-state index contributed by atoms with van der Waals surface area (Å²) in [5.74, 6) is 0.0501. The van der Waals surface area contributed by atoms with Crippen LogP contribution in [0.2, 0.25) is 0 Å². The number of methoxy groups -OCH3 is 1. The molecule has 0 N–H and O–H groups in total. The lowest BCUT2D eigenvalue weighted by molar-refractivity contribution is -0.143. The van der Waals surface area contributed by atoms with Gasteiger partial charge in [0.15, 0.2) is 0 Å². The molecule has 0 radical (unpaired) electrons. The smallest absolute Gasteiger partial charge is 0.242 e. The lowest BCUT2D eigenvalue weighted by atomic mass is 10.1. The van der Waals surface area contributed by atoms with Crippen molar-refractivity contribution in [2.45, 2.75) is 65.5 Å². The van der Waals surface area contributed by atoms with Crippen molar-refractivity contribution < 1.29 is 14.3 Å². The standard InChI is InChI=1S/C21H37N3O3/c1-6-8-9-12-20(25)24(18(3)7-2)17-21(26)23(14-15-27-5)16-19-11-10-13-22(19)4/h10-11,13,18H,6-9,12,14-17H2,1-5H3/t18-/m0/s1. The predicted molar refractivity (Wildman–Crippen MR) is 108 cm³/mol. The number of ether oxygens (including phenoxy) is 1. The third kappa shape index (κ3) is 7.75. The molecule has 6 heteroatoms. The van der Waals surface area contributed by atoms with E-state index in [0.29, 0.717) is 26.1 Å². The van der Waals surface area contributed by atoms with Gasteiger partial charge in [-0.2, -0.15) is 0 Å². The lowest BCUT2D eigenvalue weighted by Gasteiger charge is -2.31. The molecule has 1 aromatic heterocycles. The Morgan fingerprint density at radius 1 is 1.22 bits per heavy atom. The second kappa shape index (κ2) is 12.5. The first kappa shape index (κ1) is 23.2. The SMILES string of the molecule is CCCCCC(=O)N(CC(=O)N(CCOC)Cc1cccn1C)[C@@H](C)CC. The fourth-order valence-electron chi connectivity index (χ4n) is 2.98. The molecule has 1 rings (SSSR count). The van der Waals surface area contributed by atoms with E-state index in [9.17, 15) is 9.59 Å². The van der Waals surface area contributed by atoms with E-state index in [0.717, 1.165) is 31.4 Å². The van der Waals surface area contributed by atoms with E-state index in [1.54, 1.807) is 16.9 Å². The summed E-state index contributed by atoms with van der Waals surface area (Å²) in [4.78, 5) is 29.2. The van der Waals surface area contributed by atoms with Crippen molar-refractivity contribution in [1.29, 1.82) is 0 Å². The summed E-state index contributed by atoms with van der Waals surface area (Å²) in [6.07, 6.45) is 6.33.